The number of carbonyl (C=O) groups is 1. The number of piperidine rings is 1. The second-order valence-corrected chi connectivity index (χ2v) is 7.74. The van der Waals surface area contributed by atoms with Gasteiger partial charge in [0.2, 0.25) is 0 Å². The topological polar surface area (TPSA) is 113 Å². The molecule has 166 valence electrons. The van der Waals surface area contributed by atoms with Gasteiger partial charge in [-0.3, -0.25) is 9.59 Å². The molecule has 3 aromatic rings. The van der Waals surface area contributed by atoms with E-state index in [4.69, 9.17) is 10.5 Å². The van der Waals surface area contributed by atoms with Gasteiger partial charge in [0.1, 0.15) is 5.75 Å². The summed E-state index contributed by atoms with van der Waals surface area (Å²) >= 11 is 0. The summed E-state index contributed by atoms with van der Waals surface area (Å²) < 4.78 is 5.44. The van der Waals surface area contributed by atoms with E-state index in [0.717, 1.165) is 32.4 Å². The number of fused-ring (bicyclic) bond motifs is 1. The zero-order valence-electron chi connectivity index (χ0n) is 18.3. The number of hydrogen-bond donors (Lipinski definition) is 3. The zero-order valence-corrected chi connectivity index (χ0v) is 18.3. The Morgan fingerprint density at radius 2 is 1.91 bits per heavy atom. The highest BCUT2D eigenvalue weighted by Gasteiger charge is 2.23. The van der Waals surface area contributed by atoms with Crippen LogP contribution in [0.5, 0.6) is 5.75 Å². The number of aromatic nitrogens is 2. The number of carbonyl (C=O) groups excluding carboxylic acids is 1. The molecule has 1 aliphatic rings. The standard InChI is InChI=1S/C24H27N5O3/c1-26-21(22-23(30)28-18-9-5-4-8-17(18)27-22)20(25)15-10-11-19(32-2)16(14-15)24(31)29-12-6-3-7-13-29/h4-5,8-11,14,26H,3,6-7,12-13,25H2,1-2H3,(H,28,30)/b21-20+. The number of nitrogens with two attached hydrogens (primary N) is 1. The van der Waals surface area contributed by atoms with Gasteiger partial charge in [0.15, 0.2) is 5.69 Å². The predicted octanol–water partition coefficient (Wildman–Crippen LogP) is 2.56. The average molecular weight is 434 g/mol. The number of H-pyrrole nitrogens is 1. The minimum atomic E-state index is -0.353. The van der Waals surface area contributed by atoms with E-state index < -0.39 is 0 Å². The fraction of sp³-hybridized carbons (Fsp3) is 0.292. The second kappa shape index (κ2) is 9.13. The Labute approximate surface area is 186 Å². The number of para-hydroxylation sites is 2. The lowest BCUT2D eigenvalue weighted by molar-refractivity contribution is 0.0721. The first-order chi connectivity index (χ1) is 15.5. The number of likely N-dealkylation sites (tertiary alicyclic amines) is 1. The monoisotopic (exact) mass is 433 g/mol. The van der Waals surface area contributed by atoms with E-state index in [2.05, 4.69) is 15.3 Å². The van der Waals surface area contributed by atoms with Crippen molar-refractivity contribution in [2.24, 2.45) is 5.73 Å². The van der Waals surface area contributed by atoms with Crippen LogP contribution in [-0.2, 0) is 0 Å². The van der Waals surface area contributed by atoms with E-state index >= 15 is 0 Å². The Morgan fingerprint density at radius 1 is 1.16 bits per heavy atom. The molecule has 1 aromatic heterocycles. The Kier molecular flexibility index (Phi) is 6.11. The molecule has 1 fully saturated rings. The maximum absolute atomic E-state index is 13.2. The van der Waals surface area contributed by atoms with Gasteiger partial charge in [-0.1, -0.05) is 12.1 Å². The van der Waals surface area contributed by atoms with Crippen molar-refractivity contribution in [3.8, 4) is 5.75 Å². The van der Waals surface area contributed by atoms with Crippen LogP contribution >= 0.6 is 0 Å². The molecule has 0 saturated carbocycles. The number of benzene rings is 2. The summed E-state index contributed by atoms with van der Waals surface area (Å²) in [6.07, 6.45) is 3.13. The largest absolute Gasteiger partial charge is 0.496 e. The van der Waals surface area contributed by atoms with Crippen LogP contribution in [0.1, 0.15) is 40.9 Å². The fourth-order valence-corrected chi connectivity index (χ4v) is 4.03. The smallest absolute Gasteiger partial charge is 0.276 e. The maximum atomic E-state index is 13.2. The number of nitrogens with one attached hydrogen (secondary N) is 2. The summed E-state index contributed by atoms with van der Waals surface area (Å²) in [7, 11) is 3.22. The molecule has 4 N–H and O–H groups in total. The van der Waals surface area contributed by atoms with Crippen molar-refractivity contribution < 1.29 is 9.53 Å². The molecule has 8 heteroatoms. The van der Waals surface area contributed by atoms with Crippen LogP contribution in [0, 0.1) is 0 Å². The molecule has 4 rings (SSSR count). The Bertz CT molecular complexity index is 1240. The van der Waals surface area contributed by atoms with Gasteiger partial charge in [-0.05, 0) is 49.6 Å². The van der Waals surface area contributed by atoms with Crippen molar-refractivity contribution >= 4 is 28.3 Å². The average Bonchev–Trinajstić information content (AvgIpc) is 2.84. The van der Waals surface area contributed by atoms with Crippen molar-refractivity contribution in [2.75, 3.05) is 27.2 Å². The molecule has 0 unspecified atom stereocenters. The first kappa shape index (κ1) is 21.4. The van der Waals surface area contributed by atoms with Crippen LogP contribution in [0.3, 0.4) is 0 Å². The van der Waals surface area contributed by atoms with E-state index in [9.17, 15) is 9.59 Å². The van der Waals surface area contributed by atoms with Crippen LogP contribution in [0.15, 0.2) is 47.3 Å². The normalized spacial score (nSPS) is 14.8. The van der Waals surface area contributed by atoms with Gasteiger partial charge in [0.05, 0.1) is 35.1 Å². The zero-order chi connectivity index (χ0) is 22.7. The summed E-state index contributed by atoms with van der Waals surface area (Å²) in [6, 6.07) is 12.5. The molecule has 1 saturated heterocycles. The van der Waals surface area contributed by atoms with Crippen molar-refractivity contribution in [1.29, 1.82) is 0 Å². The summed E-state index contributed by atoms with van der Waals surface area (Å²) in [5, 5.41) is 3.01. The summed E-state index contributed by atoms with van der Waals surface area (Å²) in [5.74, 6) is 0.411. The lowest BCUT2D eigenvalue weighted by Gasteiger charge is -2.27. The van der Waals surface area contributed by atoms with Gasteiger partial charge in [-0.25, -0.2) is 4.98 Å². The summed E-state index contributed by atoms with van der Waals surface area (Å²) in [6.45, 7) is 1.46. The SMILES string of the molecule is CN/C(=C(/N)c1ccc(OC)c(C(=O)N2CCCCC2)c1)c1nc2ccccc2[nH]c1=O. The Hall–Kier alpha value is -3.81. The molecule has 2 heterocycles. The number of rotatable bonds is 5. The number of ether oxygens (including phenoxy) is 1. The summed E-state index contributed by atoms with van der Waals surface area (Å²) in [5.41, 5.74) is 9.38. The lowest BCUT2D eigenvalue weighted by Crippen LogP contribution is -2.35. The van der Waals surface area contributed by atoms with Gasteiger partial charge in [0, 0.05) is 25.7 Å². The van der Waals surface area contributed by atoms with Crippen molar-refractivity contribution in [1.82, 2.24) is 20.2 Å². The van der Waals surface area contributed by atoms with Crippen LogP contribution in [0.4, 0.5) is 0 Å². The van der Waals surface area contributed by atoms with Gasteiger partial charge in [-0.2, -0.15) is 0 Å². The number of nitrogens with zero attached hydrogens (tertiary/aromatic N) is 2. The van der Waals surface area contributed by atoms with Gasteiger partial charge in [-0.15, -0.1) is 0 Å². The van der Waals surface area contributed by atoms with Gasteiger partial charge in [0.25, 0.3) is 11.5 Å². The van der Waals surface area contributed by atoms with E-state index in [-0.39, 0.29) is 17.2 Å². The minimum absolute atomic E-state index is 0.0797. The molecule has 0 aliphatic carbocycles. The number of methoxy groups -OCH3 is 1. The molecular formula is C24H27N5O3. The van der Waals surface area contributed by atoms with Crippen LogP contribution in [-0.4, -0.2) is 48.0 Å². The fourth-order valence-electron chi connectivity index (χ4n) is 4.03. The summed E-state index contributed by atoms with van der Waals surface area (Å²) in [4.78, 5) is 35.1. The first-order valence-electron chi connectivity index (χ1n) is 10.7. The highest BCUT2D eigenvalue weighted by Crippen LogP contribution is 2.27. The third-order valence-electron chi connectivity index (χ3n) is 5.74. The first-order valence-corrected chi connectivity index (χ1v) is 10.7. The van der Waals surface area contributed by atoms with E-state index in [1.165, 1.54) is 0 Å². The van der Waals surface area contributed by atoms with Crippen LogP contribution in [0.2, 0.25) is 0 Å². The van der Waals surface area contributed by atoms with Crippen molar-refractivity contribution in [3.05, 3.63) is 69.6 Å². The van der Waals surface area contributed by atoms with Crippen LogP contribution in [0.25, 0.3) is 22.4 Å². The molecule has 0 spiro atoms. The highest BCUT2D eigenvalue weighted by atomic mass is 16.5. The number of hydrogen-bond acceptors (Lipinski definition) is 6. The number of aromatic amines is 1. The van der Waals surface area contributed by atoms with Gasteiger partial charge < -0.3 is 25.7 Å². The van der Waals surface area contributed by atoms with E-state index in [0.29, 0.717) is 39.3 Å². The Morgan fingerprint density at radius 3 is 2.62 bits per heavy atom. The molecule has 0 bridgehead atoms. The Balaban J connectivity index is 1.80. The quantitative estimate of drug-likeness (QED) is 0.570. The minimum Gasteiger partial charge on any atom is -0.496 e. The van der Waals surface area contributed by atoms with Gasteiger partial charge >= 0.3 is 0 Å². The molecular weight excluding hydrogens is 406 g/mol. The van der Waals surface area contributed by atoms with Crippen molar-refractivity contribution in [3.63, 3.8) is 0 Å². The molecule has 0 radical (unpaired) electrons. The maximum Gasteiger partial charge on any atom is 0.276 e. The highest BCUT2D eigenvalue weighted by molar-refractivity contribution is 5.99. The number of amides is 1. The predicted molar refractivity (Wildman–Crippen MR) is 125 cm³/mol. The van der Waals surface area contributed by atoms with E-state index in [1.54, 1.807) is 38.4 Å². The van der Waals surface area contributed by atoms with Crippen molar-refractivity contribution in [2.45, 2.75) is 19.3 Å². The lowest BCUT2D eigenvalue weighted by atomic mass is 10.0. The molecule has 8 nitrogen and oxygen atoms in total. The van der Waals surface area contributed by atoms with E-state index in [1.807, 2.05) is 23.1 Å². The molecule has 32 heavy (non-hydrogen) atoms. The third-order valence-corrected chi connectivity index (χ3v) is 5.74. The second-order valence-electron chi connectivity index (χ2n) is 7.74. The van der Waals surface area contributed by atoms with Crippen LogP contribution < -0.4 is 21.3 Å². The molecule has 1 aliphatic heterocycles. The molecule has 1 amide bonds. The molecule has 0 atom stereocenters. The third kappa shape index (κ3) is 4.03. The molecule has 2 aromatic carbocycles.